The Kier molecular flexibility index (Phi) is 14.2. The second-order valence-corrected chi connectivity index (χ2v) is 19.2. The number of anilines is 1. The Labute approximate surface area is 404 Å². The van der Waals surface area contributed by atoms with Gasteiger partial charge in [0.1, 0.15) is 43.2 Å². The number of H-pyrrole nitrogens is 2. The number of hydrogen-bond acceptors (Lipinski definition) is 12. The van der Waals surface area contributed by atoms with E-state index in [0.29, 0.717) is 67.1 Å². The molecule has 5 aromatic rings. The van der Waals surface area contributed by atoms with E-state index in [1.165, 1.54) is 26.4 Å². The van der Waals surface area contributed by atoms with Crippen molar-refractivity contribution in [3.63, 3.8) is 0 Å². The van der Waals surface area contributed by atoms with Gasteiger partial charge >= 0.3 is 12.2 Å². The van der Waals surface area contributed by atoms with Gasteiger partial charge in [-0.05, 0) is 85.8 Å². The summed E-state index contributed by atoms with van der Waals surface area (Å²) < 4.78 is 58.2. The molecular weight excluding hydrogens is 909 g/mol. The summed E-state index contributed by atoms with van der Waals surface area (Å²) in [6.45, 7) is 8.78. The maximum absolute atomic E-state index is 16.1. The molecule has 1 unspecified atom stereocenters. The Morgan fingerprint density at radius 1 is 0.714 bits per heavy atom. The lowest BCUT2D eigenvalue weighted by molar-refractivity contribution is -0.136. The van der Waals surface area contributed by atoms with Crippen molar-refractivity contribution in [2.45, 2.75) is 109 Å². The number of likely N-dealkylation sites (tertiary alicyclic amines) is 2. The van der Waals surface area contributed by atoms with Crippen LogP contribution in [0.25, 0.3) is 22.1 Å². The molecule has 3 aromatic carbocycles. The number of halogens is 2. The second-order valence-electron chi connectivity index (χ2n) is 19.2. The van der Waals surface area contributed by atoms with Crippen LogP contribution in [0.5, 0.6) is 5.75 Å². The third-order valence-electron chi connectivity index (χ3n) is 14.1. The quantitative estimate of drug-likeness (QED) is 0.0848. The maximum Gasteiger partial charge on any atom is 0.407 e. The molecule has 70 heavy (non-hydrogen) atoms. The first kappa shape index (κ1) is 48.5. The molecule has 0 aliphatic carbocycles. The number of alkyl carbamates (subject to hydrolysis) is 2. The summed E-state index contributed by atoms with van der Waals surface area (Å²) in [6.07, 6.45) is 2.37. The minimum Gasteiger partial charge on any atom is -0.485 e. The number of imidazole rings is 2. The molecule has 4 aliphatic heterocycles. The number of hydrogen-bond donors (Lipinski definition) is 4. The van der Waals surface area contributed by atoms with E-state index in [9.17, 15) is 19.2 Å². The van der Waals surface area contributed by atoms with Crippen molar-refractivity contribution in [1.29, 1.82) is 0 Å². The molecule has 0 bridgehead atoms. The lowest BCUT2D eigenvalue weighted by Gasteiger charge is -2.33. The Hall–Kier alpha value is -6.54. The largest absolute Gasteiger partial charge is 0.485 e. The van der Waals surface area contributed by atoms with Crippen molar-refractivity contribution in [2.24, 2.45) is 11.8 Å². The number of aromatic nitrogens is 4. The van der Waals surface area contributed by atoms with Crippen LogP contribution in [-0.2, 0) is 28.5 Å². The summed E-state index contributed by atoms with van der Waals surface area (Å²) in [4.78, 5) is 74.6. The monoisotopic (exact) mass is 969 g/mol. The number of fused-ring (bicyclic) bond motifs is 2. The van der Waals surface area contributed by atoms with Gasteiger partial charge in [0.05, 0.1) is 67.1 Å². The Bertz CT molecular complexity index is 2570. The van der Waals surface area contributed by atoms with Crippen LogP contribution in [0.1, 0.15) is 113 Å². The Morgan fingerprint density at radius 2 is 1.20 bits per heavy atom. The van der Waals surface area contributed by atoms with E-state index in [1.807, 2.05) is 64.1 Å². The molecule has 4 N–H and O–H groups in total. The van der Waals surface area contributed by atoms with Crippen LogP contribution in [0.4, 0.5) is 24.1 Å². The van der Waals surface area contributed by atoms with E-state index in [-0.39, 0.29) is 67.8 Å². The number of benzene rings is 3. The average molecular weight is 970 g/mol. The highest BCUT2D eigenvalue weighted by molar-refractivity contribution is 5.87. The predicted molar refractivity (Wildman–Crippen MR) is 253 cm³/mol. The van der Waals surface area contributed by atoms with Crippen LogP contribution in [0.15, 0.2) is 48.5 Å². The number of nitrogens with one attached hydrogen (secondary N) is 4. The van der Waals surface area contributed by atoms with E-state index < -0.39 is 47.8 Å². The number of methoxy groups -OCH3 is 2. The zero-order valence-electron chi connectivity index (χ0n) is 40.3. The van der Waals surface area contributed by atoms with Gasteiger partial charge in [0.25, 0.3) is 0 Å². The van der Waals surface area contributed by atoms with Gasteiger partial charge in [0.15, 0.2) is 17.4 Å². The van der Waals surface area contributed by atoms with E-state index in [2.05, 4.69) is 25.5 Å². The third-order valence-corrected chi connectivity index (χ3v) is 14.1. The molecule has 18 nitrogen and oxygen atoms in total. The zero-order valence-corrected chi connectivity index (χ0v) is 40.3. The molecule has 0 radical (unpaired) electrons. The van der Waals surface area contributed by atoms with Crippen molar-refractivity contribution in [1.82, 2.24) is 40.4 Å². The van der Waals surface area contributed by atoms with Crippen LogP contribution < -0.4 is 20.3 Å². The van der Waals surface area contributed by atoms with E-state index in [1.54, 1.807) is 9.80 Å². The van der Waals surface area contributed by atoms with Crippen molar-refractivity contribution < 1.29 is 51.6 Å². The molecular formula is C50H61F2N9O9. The highest BCUT2D eigenvalue weighted by Gasteiger charge is 2.41. The molecule has 4 amide bonds. The number of rotatable bonds is 14. The Morgan fingerprint density at radius 3 is 1.63 bits per heavy atom. The normalized spacial score (nSPS) is 22.4. The van der Waals surface area contributed by atoms with Gasteiger partial charge in [-0.3, -0.25) is 9.59 Å². The predicted octanol–water partition coefficient (Wildman–Crippen LogP) is 7.64. The molecule has 374 valence electrons. The maximum atomic E-state index is 16.1. The third kappa shape index (κ3) is 9.67. The second kappa shape index (κ2) is 20.4. The van der Waals surface area contributed by atoms with Crippen LogP contribution in [0.2, 0.25) is 0 Å². The van der Waals surface area contributed by atoms with Gasteiger partial charge in [-0.15, -0.1) is 0 Å². The number of aromatic amines is 2. The summed E-state index contributed by atoms with van der Waals surface area (Å²) in [5.74, 6) is -1.73. The summed E-state index contributed by atoms with van der Waals surface area (Å²) in [6, 6.07) is 11.5. The fourth-order valence-electron chi connectivity index (χ4n) is 10.5. The van der Waals surface area contributed by atoms with E-state index in [4.69, 9.17) is 33.7 Å². The smallest absolute Gasteiger partial charge is 0.407 e. The summed E-state index contributed by atoms with van der Waals surface area (Å²) in [7, 11) is 2.53. The van der Waals surface area contributed by atoms with Crippen LogP contribution in [0.3, 0.4) is 0 Å². The van der Waals surface area contributed by atoms with Gasteiger partial charge in [0, 0.05) is 30.9 Å². The number of amides is 4. The van der Waals surface area contributed by atoms with Crippen molar-refractivity contribution in [3.8, 4) is 5.75 Å². The standard InChI is InChI=1S/C50H61F2N9O9/c1-26(2)42(57-49(64)66-5)47(62)59-17-7-9-40(59)45-53-34-13-11-28(19-36(34)55-45)38-15-16-39(61(38)30-21-32(51)44(33(52)22-30)69-24-31-23-68-25-70-31)29-12-14-35-37(20-29)56-46(54-35)41-10-8-18-60(41)48(63)43(27(3)4)58-50(65)67-6/h11-14,19-22,26-27,31,38-43H,7-10,15-18,23-25H2,1-6H3,(H,53,55)(H,54,56)(H,57,64)(H,58,65)/t31?,38-,39-,40+,41+,42+,43+/m1/s1. The van der Waals surface area contributed by atoms with Gasteiger partial charge in [-0.25, -0.2) is 28.3 Å². The van der Waals surface area contributed by atoms with Crippen molar-refractivity contribution in [3.05, 3.63) is 82.9 Å². The highest BCUT2D eigenvalue weighted by atomic mass is 19.1. The molecule has 20 heteroatoms. The topological polar surface area (TPSA) is 206 Å². The van der Waals surface area contributed by atoms with Crippen LogP contribution >= 0.6 is 0 Å². The fraction of sp³-hybridized carbons (Fsp3) is 0.520. The van der Waals surface area contributed by atoms with Gasteiger partial charge in [-0.1, -0.05) is 39.8 Å². The summed E-state index contributed by atoms with van der Waals surface area (Å²) in [5, 5.41) is 5.39. The van der Waals surface area contributed by atoms with Crippen LogP contribution in [0, 0.1) is 23.5 Å². The molecule has 4 fully saturated rings. The number of carbonyl (C=O) groups excluding carboxylic acids is 4. The summed E-state index contributed by atoms with van der Waals surface area (Å²) in [5.41, 5.74) is 5.00. The number of carbonyl (C=O) groups is 4. The fourth-order valence-corrected chi connectivity index (χ4v) is 10.5. The SMILES string of the molecule is COC(=O)N[C@H](C(=O)N1CCC[C@H]1c1nc2ccc([C@H]3CC[C@H](c4ccc5nc([C@@H]6CCCN6C(=O)[C@@H](NC(=O)OC)C(C)C)[nH]c5c4)N3c3cc(F)c(OCC4COCO4)c(F)c3)cc2[nH]1)C(C)C. The van der Waals surface area contributed by atoms with Gasteiger partial charge in [0.2, 0.25) is 11.8 Å². The Balaban J connectivity index is 1.03. The minimum absolute atomic E-state index is 0.0779. The number of nitrogens with zero attached hydrogens (tertiary/aromatic N) is 5. The first-order valence-corrected chi connectivity index (χ1v) is 24.1. The minimum atomic E-state index is -0.852. The van der Waals surface area contributed by atoms with Crippen molar-refractivity contribution >= 4 is 51.8 Å². The average Bonchev–Trinajstić information content (AvgIpc) is 4.21. The van der Waals surface area contributed by atoms with Gasteiger partial charge in [-0.2, -0.15) is 0 Å². The first-order valence-electron chi connectivity index (χ1n) is 24.1. The molecule has 9 rings (SSSR count). The molecule has 2 aromatic heterocycles. The lowest BCUT2D eigenvalue weighted by atomic mass is 10.0. The lowest BCUT2D eigenvalue weighted by Crippen LogP contribution is -2.51. The molecule has 0 spiro atoms. The first-order chi connectivity index (χ1) is 33.7. The molecule has 4 saturated heterocycles. The molecule has 6 heterocycles. The number of ether oxygens (including phenoxy) is 5. The molecule has 0 saturated carbocycles. The summed E-state index contributed by atoms with van der Waals surface area (Å²) >= 11 is 0. The zero-order chi connectivity index (χ0) is 49.4. The highest BCUT2D eigenvalue weighted by Crippen LogP contribution is 2.49. The molecule has 7 atom stereocenters. The van der Waals surface area contributed by atoms with Crippen LogP contribution in [-0.4, -0.2) is 119 Å². The molecule has 4 aliphatic rings. The van der Waals surface area contributed by atoms with Gasteiger partial charge < -0.3 is 59.0 Å². The van der Waals surface area contributed by atoms with E-state index in [0.717, 1.165) is 35.0 Å². The van der Waals surface area contributed by atoms with Crippen molar-refractivity contribution in [2.75, 3.05) is 52.2 Å². The van der Waals surface area contributed by atoms with E-state index >= 15 is 8.78 Å².